The van der Waals surface area contributed by atoms with Gasteiger partial charge in [0.05, 0.1) is 0 Å². The van der Waals surface area contributed by atoms with E-state index in [0.717, 1.165) is 11.4 Å². The summed E-state index contributed by atoms with van der Waals surface area (Å²) in [4.78, 5) is 11.8. The molecule has 0 aliphatic carbocycles. The number of carbonyl (C=O) groups excluding carboxylic acids is 1. The lowest BCUT2D eigenvalue weighted by Gasteiger charge is -2.10. The second kappa shape index (κ2) is 6.91. The summed E-state index contributed by atoms with van der Waals surface area (Å²) >= 11 is 0. The highest BCUT2D eigenvalue weighted by molar-refractivity contribution is 5.91. The van der Waals surface area contributed by atoms with Gasteiger partial charge in [-0.3, -0.25) is 4.79 Å². The zero-order chi connectivity index (χ0) is 14.4. The van der Waals surface area contributed by atoms with Gasteiger partial charge in [0.1, 0.15) is 0 Å². The highest BCUT2D eigenvalue weighted by Crippen LogP contribution is 2.14. The van der Waals surface area contributed by atoms with E-state index in [1.807, 2.05) is 53.4 Å². The van der Waals surface area contributed by atoms with Crippen molar-refractivity contribution < 1.29 is 4.79 Å². The van der Waals surface area contributed by atoms with Crippen LogP contribution in [0.1, 0.15) is 20.3 Å². The molecule has 0 unspecified atom stereocenters. The molecule has 0 radical (unpaired) electrons. The molecule has 1 amide bonds. The van der Waals surface area contributed by atoms with Crippen molar-refractivity contribution >= 4 is 11.6 Å². The molecule has 0 aliphatic heterocycles. The summed E-state index contributed by atoms with van der Waals surface area (Å²) < 4.78 is 2.01. The Morgan fingerprint density at radius 2 is 1.95 bits per heavy atom. The lowest BCUT2D eigenvalue weighted by Crippen LogP contribution is -2.27. The summed E-state index contributed by atoms with van der Waals surface area (Å²) in [6.45, 7) is 4.83. The Balaban J connectivity index is 1.93. The van der Waals surface area contributed by atoms with Crippen molar-refractivity contribution in [3.8, 4) is 5.69 Å². The van der Waals surface area contributed by atoms with Gasteiger partial charge in [0.15, 0.2) is 0 Å². The number of nitrogens with zero attached hydrogens (tertiary/aromatic N) is 1. The minimum absolute atomic E-state index is 0.0304. The highest BCUT2D eigenvalue weighted by Gasteiger charge is 2.04. The molecule has 0 fully saturated rings. The zero-order valence-corrected chi connectivity index (χ0v) is 12.0. The largest absolute Gasteiger partial charge is 0.326 e. The van der Waals surface area contributed by atoms with Crippen LogP contribution in [0.5, 0.6) is 0 Å². The fraction of sp³-hybridized carbons (Fsp3) is 0.312. The number of aromatic nitrogens is 1. The van der Waals surface area contributed by atoms with Gasteiger partial charge in [-0.2, -0.15) is 0 Å². The van der Waals surface area contributed by atoms with E-state index in [0.29, 0.717) is 19.0 Å². The van der Waals surface area contributed by atoms with Crippen molar-refractivity contribution in [2.75, 3.05) is 11.9 Å². The highest BCUT2D eigenvalue weighted by atomic mass is 16.1. The molecule has 1 aromatic heterocycles. The topological polar surface area (TPSA) is 46.1 Å². The van der Waals surface area contributed by atoms with Crippen LogP contribution in [-0.2, 0) is 4.79 Å². The van der Waals surface area contributed by atoms with Crippen LogP contribution in [0, 0.1) is 0 Å². The standard InChI is InChI=1S/C16H21N3O/c1-13(2)17-9-8-16(20)18-14-6-5-7-15(12-14)19-10-3-4-11-19/h3-7,10-13,17H,8-9H2,1-2H3,(H,18,20). The Hall–Kier alpha value is -2.07. The van der Waals surface area contributed by atoms with Crippen LogP contribution in [0.2, 0.25) is 0 Å². The quantitative estimate of drug-likeness (QED) is 0.848. The molecule has 106 valence electrons. The van der Waals surface area contributed by atoms with Crippen molar-refractivity contribution in [3.05, 3.63) is 48.8 Å². The third kappa shape index (κ3) is 4.24. The first-order valence-corrected chi connectivity index (χ1v) is 6.92. The van der Waals surface area contributed by atoms with Crippen molar-refractivity contribution in [3.63, 3.8) is 0 Å². The van der Waals surface area contributed by atoms with Crippen LogP contribution in [0.4, 0.5) is 5.69 Å². The van der Waals surface area contributed by atoms with Crippen LogP contribution in [0.15, 0.2) is 48.8 Å². The maximum Gasteiger partial charge on any atom is 0.225 e. The molecule has 1 aromatic carbocycles. The molecule has 4 heteroatoms. The molecule has 1 heterocycles. The molecule has 0 saturated carbocycles. The second-order valence-corrected chi connectivity index (χ2v) is 5.05. The molecule has 0 saturated heterocycles. The third-order valence-electron chi connectivity index (χ3n) is 2.94. The summed E-state index contributed by atoms with van der Waals surface area (Å²) in [6, 6.07) is 12.2. The van der Waals surface area contributed by atoms with Crippen LogP contribution >= 0.6 is 0 Å². The zero-order valence-electron chi connectivity index (χ0n) is 12.0. The number of hydrogen-bond acceptors (Lipinski definition) is 2. The summed E-state index contributed by atoms with van der Waals surface area (Å²) in [7, 11) is 0. The number of amides is 1. The smallest absolute Gasteiger partial charge is 0.225 e. The maximum absolute atomic E-state index is 11.8. The summed E-state index contributed by atoms with van der Waals surface area (Å²) in [5.74, 6) is 0.0304. The number of benzene rings is 1. The summed E-state index contributed by atoms with van der Waals surface area (Å²) in [5, 5.41) is 6.16. The first-order valence-electron chi connectivity index (χ1n) is 6.92. The number of hydrogen-bond donors (Lipinski definition) is 2. The third-order valence-corrected chi connectivity index (χ3v) is 2.94. The lowest BCUT2D eigenvalue weighted by molar-refractivity contribution is -0.116. The average Bonchev–Trinajstić information content (AvgIpc) is 2.92. The number of carbonyl (C=O) groups is 1. The monoisotopic (exact) mass is 271 g/mol. The Morgan fingerprint density at radius 1 is 1.20 bits per heavy atom. The molecule has 0 aliphatic rings. The first kappa shape index (κ1) is 14.3. The van der Waals surface area contributed by atoms with Gasteiger partial charge in [0.2, 0.25) is 5.91 Å². The molecule has 2 rings (SSSR count). The number of nitrogens with one attached hydrogen (secondary N) is 2. The van der Waals surface area contributed by atoms with Gasteiger partial charge in [-0.15, -0.1) is 0 Å². The minimum Gasteiger partial charge on any atom is -0.326 e. The lowest BCUT2D eigenvalue weighted by atomic mass is 10.2. The van der Waals surface area contributed by atoms with Crippen molar-refractivity contribution in [2.24, 2.45) is 0 Å². The molecule has 4 nitrogen and oxygen atoms in total. The molecular formula is C16H21N3O. The Bertz CT molecular complexity index is 547. The molecule has 2 N–H and O–H groups in total. The van der Waals surface area contributed by atoms with E-state index in [4.69, 9.17) is 0 Å². The first-order chi connectivity index (χ1) is 9.65. The van der Waals surface area contributed by atoms with Crippen LogP contribution in [-0.4, -0.2) is 23.1 Å². The number of anilines is 1. The molecule has 2 aromatic rings. The average molecular weight is 271 g/mol. The van der Waals surface area contributed by atoms with Gasteiger partial charge in [-0.1, -0.05) is 19.9 Å². The van der Waals surface area contributed by atoms with Gasteiger partial charge >= 0.3 is 0 Å². The van der Waals surface area contributed by atoms with Crippen molar-refractivity contribution in [1.29, 1.82) is 0 Å². The number of rotatable bonds is 6. The fourth-order valence-electron chi connectivity index (χ4n) is 1.95. The fourth-order valence-corrected chi connectivity index (χ4v) is 1.95. The van der Waals surface area contributed by atoms with E-state index >= 15 is 0 Å². The maximum atomic E-state index is 11.8. The van der Waals surface area contributed by atoms with E-state index in [-0.39, 0.29) is 5.91 Å². The summed E-state index contributed by atoms with van der Waals surface area (Å²) in [5.41, 5.74) is 1.86. The van der Waals surface area contributed by atoms with E-state index < -0.39 is 0 Å². The van der Waals surface area contributed by atoms with Crippen molar-refractivity contribution in [2.45, 2.75) is 26.3 Å². The predicted octanol–water partition coefficient (Wildman–Crippen LogP) is 2.80. The summed E-state index contributed by atoms with van der Waals surface area (Å²) in [6.07, 6.45) is 4.44. The normalized spacial score (nSPS) is 10.8. The molecule has 20 heavy (non-hydrogen) atoms. The van der Waals surface area contributed by atoms with Crippen LogP contribution in [0.25, 0.3) is 5.69 Å². The second-order valence-electron chi connectivity index (χ2n) is 5.05. The van der Waals surface area contributed by atoms with E-state index in [9.17, 15) is 4.79 Å². The van der Waals surface area contributed by atoms with E-state index in [1.165, 1.54) is 0 Å². The van der Waals surface area contributed by atoms with Gasteiger partial charge in [0.25, 0.3) is 0 Å². The van der Waals surface area contributed by atoms with Crippen molar-refractivity contribution in [1.82, 2.24) is 9.88 Å². The minimum atomic E-state index is 0.0304. The molecular weight excluding hydrogens is 250 g/mol. The van der Waals surface area contributed by atoms with E-state index in [2.05, 4.69) is 24.5 Å². The van der Waals surface area contributed by atoms with Crippen LogP contribution < -0.4 is 10.6 Å². The Morgan fingerprint density at radius 3 is 2.65 bits per heavy atom. The van der Waals surface area contributed by atoms with Gasteiger partial charge in [0, 0.05) is 42.8 Å². The molecule has 0 bridgehead atoms. The molecule has 0 atom stereocenters. The Kier molecular flexibility index (Phi) is 4.96. The van der Waals surface area contributed by atoms with Gasteiger partial charge in [-0.25, -0.2) is 0 Å². The SMILES string of the molecule is CC(C)NCCC(=O)Nc1cccc(-n2cccc2)c1. The van der Waals surface area contributed by atoms with Gasteiger partial charge < -0.3 is 15.2 Å². The Labute approximate surface area is 119 Å². The van der Waals surface area contributed by atoms with Gasteiger partial charge in [-0.05, 0) is 30.3 Å². The van der Waals surface area contributed by atoms with E-state index in [1.54, 1.807) is 0 Å². The predicted molar refractivity (Wildman–Crippen MR) is 82.2 cm³/mol. The van der Waals surface area contributed by atoms with Crippen LogP contribution in [0.3, 0.4) is 0 Å². The molecule has 0 spiro atoms.